The Morgan fingerprint density at radius 1 is 1.00 bits per heavy atom. The third-order valence-electron chi connectivity index (χ3n) is 3.78. The Balaban J connectivity index is 2.20. The second-order valence-electron chi connectivity index (χ2n) is 5.01. The zero-order valence-electron chi connectivity index (χ0n) is 10.1. The van der Waals surface area contributed by atoms with E-state index in [1.807, 2.05) is 6.07 Å². The molecule has 0 bridgehead atoms. The molecule has 1 fully saturated rings. The molecule has 0 unspecified atom stereocenters. The van der Waals surface area contributed by atoms with E-state index < -0.39 is 0 Å². The standard InChI is InChI=1S/C15H21Cl/c1-12-8-7-11-14(16)15(12)13-9-5-3-2-4-6-10-13/h7-8,11,13H,2-6,9-10H2,1H3. The average Bonchev–Trinajstić information content (AvgIpc) is 2.20. The van der Waals surface area contributed by atoms with Gasteiger partial charge in [-0.15, -0.1) is 0 Å². The lowest BCUT2D eigenvalue weighted by atomic mass is 9.84. The molecular weight excluding hydrogens is 216 g/mol. The van der Waals surface area contributed by atoms with Crippen molar-refractivity contribution in [2.24, 2.45) is 0 Å². The van der Waals surface area contributed by atoms with Gasteiger partial charge in [-0.2, -0.15) is 0 Å². The quantitative estimate of drug-likeness (QED) is 0.606. The molecule has 1 aliphatic carbocycles. The number of rotatable bonds is 1. The van der Waals surface area contributed by atoms with Crippen LogP contribution >= 0.6 is 11.6 Å². The maximum atomic E-state index is 6.36. The van der Waals surface area contributed by atoms with Crippen LogP contribution in [0.15, 0.2) is 18.2 Å². The molecule has 88 valence electrons. The van der Waals surface area contributed by atoms with E-state index in [2.05, 4.69) is 19.1 Å². The van der Waals surface area contributed by atoms with Gasteiger partial charge in [0.25, 0.3) is 0 Å². The highest BCUT2D eigenvalue weighted by atomic mass is 35.5. The number of hydrogen-bond acceptors (Lipinski definition) is 0. The van der Waals surface area contributed by atoms with Gasteiger partial charge in [-0.1, -0.05) is 55.8 Å². The van der Waals surface area contributed by atoms with Crippen LogP contribution in [0.1, 0.15) is 62.0 Å². The molecule has 0 atom stereocenters. The number of halogens is 1. The molecule has 0 saturated heterocycles. The molecule has 0 spiro atoms. The Labute approximate surface area is 104 Å². The monoisotopic (exact) mass is 236 g/mol. The minimum Gasteiger partial charge on any atom is -0.0840 e. The Morgan fingerprint density at radius 3 is 2.25 bits per heavy atom. The number of benzene rings is 1. The van der Waals surface area contributed by atoms with Gasteiger partial charge in [0.1, 0.15) is 0 Å². The highest BCUT2D eigenvalue weighted by Crippen LogP contribution is 2.36. The zero-order valence-corrected chi connectivity index (χ0v) is 10.9. The van der Waals surface area contributed by atoms with Crippen molar-refractivity contribution >= 4 is 11.6 Å². The van der Waals surface area contributed by atoms with Crippen molar-refractivity contribution < 1.29 is 0 Å². The van der Waals surface area contributed by atoms with Gasteiger partial charge in [-0.3, -0.25) is 0 Å². The first kappa shape index (κ1) is 12.0. The maximum Gasteiger partial charge on any atom is 0.0443 e. The Kier molecular flexibility index (Phi) is 4.29. The van der Waals surface area contributed by atoms with Gasteiger partial charge in [0.2, 0.25) is 0 Å². The second-order valence-corrected chi connectivity index (χ2v) is 5.42. The smallest absolute Gasteiger partial charge is 0.0443 e. The summed E-state index contributed by atoms with van der Waals surface area (Å²) in [5.74, 6) is 0.703. The van der Waals surface area contributed by atoms with Crippen molar-refractivity contribution in [3.05, 3.63) is 34.3 Å². The molecule has 0 N–H and O–H groups in total. The summed E-state index contributed by atoms with van der Waals surface area (Å²) in [7, 11) is 0. The predicted octanol–water partition coefficient (Wildman–Crippen LogP) is 5.48. The minimum absolute atomic E-state index is 0.703. The van der Waals surface area contributed by atoms with E-state index in [0.717, 1.165) is 5.02 Å². The normalized spacial score (nSPS) is 19.1. The molecule has 0 radical (unpaired) electrons. The molecule has 16 heavy (non-hydrogen) atoms. The summed E-state index contributed by atoms with van der Waals surface area (Å²) in [5.41, 5.74) is 2.80. The van der Waals surface area contributed by atoms with Crippen LogP contribution in [-0.2, 0) is 0 Å². The maximum absolute atomic E-state index is 6.36. The summed E-state index contributed by atoms with van der Waals surface area (Å²) in [4.78, 5) is 0. The van der Waals surface area contributed by atoms with E-state index in [4.69, 9.17) is 11.6 Å². The largest absolute Gasteiger partial charge is 0.0840 e. The Morgan fingerprint density at radius 2 is 1.62 bits per heavy atom. The van der Waals surface area contributed by atoms with Crippen molar-refractivity contribution in [2.45, 2.75) is 57.8 Å². The molecule has 1 aromatic rings. The van der Waals surface area contributed by atoms with Crippen molar-refractivity contribution in [1.82, 2.24) is 0 Å². The molecule has 2 rings (SSSR count). The molecule has 1 aliphatic rings. The SMILES string of the molecule is Cc1cccc(Cl)c1C1CCCCCCC1. The van der Waals surface area contributed by atoms with Crippen LogP contribution in [0.2, 0.25) is 5.02 Å². The van der Waals surface area contributed by atoms with Gasteiger partial charge in [-0.05, 0) is 42.9 Å². The summed E-state index contributed by atoms with van der Waals surface area (Å²) in [5, 5.41) is 0.977. The molecule has 1 aromatic carbocycles. The lowest BCUT2D eigenvalue weighted by molar-refractivity contribution is 0.454. The van der Waals surface area contributed by atoms with Crippen molar-refractivity contribution in [2.75, 3.05) is 0 Å². The van der Waals surface area contributed by atoms with Crippen LogP contribution < -0.4 is 0 Å². The molecule has 0 aromatic heterocycles. The van der Waals surface area contributed by atoms with E-state index in [-0.39, 0.29) is 0 Å². The lowest BCUT2D eigenvalue weighted by Gasteiger charge is -2.22. The lowest BCUT2D eigenvalue weighted by Crippen LogP contribution is -2.05. The molecule has 1 heteroatoms. The van der Waals surface area contributed by atoms with Crippen LogP contribution in [0.5, 0.6) is 0 Å². The fourth-order valence-electron chi connectivity index (χ4n) is 2.91. The van der Waals surface area contributed by atoms with Crippen molar-refractivity contribution in [1.29, 1.82) is 0 Å². The molecule has 1 saturated carbocycles. The summed E-state index contributed by atoms with van der Waals surface area (Å²) in [6.45, 7) is 2.19. The van der Waals surface area contributed by atoms with Crippen LogP contribution in [0.3, 0.4) is 0 Å². The minimum atomic E-state index is 0.703. The molecule has 0 heterocycles. The third-order valence-corrected chi connectivity index (χ3v) is 4.11. The highest BCUT2D eigenvalue weighted by Gasteiger charge is 2.17. The van der Waals surface area contributed by atoms with E-state index in [9.17, 15) is 0 Å². The summed E-state index contributed by atoms with van der Waals surface area (Å²) >= 11 is 6.36. The molecule has 0 amide bonds. The fraction of sp³-hybridized carbons (Fsp3) is 0.600. The van der Waals surface area contributed by atoms with Crippen LogP contribution in [0, 0.1) is 6.92 Å². The van der Waals surface area contributed by atoms with E-state index in [1.165, 1.54) is 56.1 Å². The summed E-state index contributed by atoms with van der Waals surface area (Å²) in [6, 6.07) is 6.30. The van der Waals surface area contributed by atoms with Crippen LogP contribution in [0.25, 0.3) is 0 Å². The Bertz CT molecular complexity index is 315. The van der Waals surface area contributed by atoms with E-state index >= 15 is 0 Å². The van der Waals surface area contributed by atoms with Crippen LogP contribution in [-0.4, -0.2) is 0 Å². The summed E-state index contributed by atoms with van der Waals surface area (Å²) < 4.78 is 0. The van der Waals surface area contributed by atoms with Gasteiger partial charge in [0.15, 0.2) is 0 Å². The van der Waals surface area contributed by atoms with Gasteiger partial charge in [0.05, 0.1) is 0 Å². The molecule has 0 aliphatic heterocycles. The second kappa shape index (κ2) is 5.72. The average molecular weight is 237 g/mol. The highest BCUT2D eigenvalue weighted by molar-refractivity contribution is 6.31. The first-order valence-corrected chi connectivity index (χ1v) is 6.92. The van der Waals surface area contributed by atoms with Crippen molar-refractivity contribution in [3.8, 4) is 0 Å². The molecule has 0 nitrogen and oxygen atoms in total. The topological polar surface area (TPSA) is 0 Å². The predicted molar refractivity (Wildman–Crippen MR) is 71.2 cm³/mol. The zero-order chi connectivity index (χ0) is 11.4. The first-order valence-electron chi connectivity index (χ1n) is 6.54. The third kappa shape index (κ3) is 2.79. The summed E-state index contributed by atoms with van der Waals surface area (Å²) in [6.07, 6.45) is 9.62. The van der Waals surface area contributed by atoms with E-state index in [0.29, 0.717) is 5.92 Å². The number of aryl methyl sites for hydroxylation is 1. The molecular formula is C15H21Cl. The van der Waals surface area contributed by atoms with E-state index in [1.54, 1.807) is 0 Å². The Hall–Kier alpha value is -0.490. The van der Waals surface area contributed by atoms with Crippen molar-refractivity contribution in [3.63, 3.8) is 0 Å². The van der Waals surface area contributed by atoms with Gasteiger partial charge < -0.3 is 0 Å². The van der Waals surface area contributed by atoms with Gasteiger partial charge in [-0.25, -0.2) is 0 Å². The number of hydrogen-bond donors (Lipinski definition) is 0. The van der Waals surface area contributed by atoms with Gasteiger partial charge >= 0.3 is 0 Å². The fourth-order valence-corrected chi connectivity index (χ4v) is 3.28. The van der Waals surface area contributed by atoms with Crippen LogP contribution in [0.4, 0.5) is 0 Å². The first-order chi connectivity index (χ1) is 7.79. The van der Waals surface area contributed by atoms with Gasteiger partial charge in [0, 0.05) is 5.02 Å².